The van der Waals surface area contributed by atoms with Crippen molar-refractivity contribution in [1.82, 2.24) is 9.88 Å². The van der Waals surface area contributed by atoms with E-state index in [9.17, 15) is 4.39 Å². The summed E-state index contributed by atoms with van der Waals surface area (Å²) in [4.78, 5) is 8.23. The first-order chi connectivity index (χ1) is 14.2. The fourth-order valence-corrected chi connectivity index (χ4v) is 5.19. The Morgan fingerprint density at radius 2 is 1.86 bits per heavy atom. The van der Waals surface area contributed by atoms with Crippen LogP contribution < -0.4 is 9.64 Å². The molecule has 2 aliphatic rings. The molecule has 29 heavy (non-hydrogen) atoms. The second-order valence-electron chi connectivity index (χ2n) is 8.29. The standard InChI is InChI=1S/C24H28FN3O/c1-29-19-8-9-23-20(15-19)21(16-26-23)17-6-7-18(14-17)27-10-12-28(13-11-27)24-5-3-2-4-22(24)25/h2-5,8-9,15-18,26H,6-7,10-14H2,1H3. The lowest BCUT2D eigenvalue weighted by Gasteiger charge is -2.39. The van der Waals surface area contributed by atoms with Crippen LogP contribution in [0.15, 0.2) is 48.7 Å². The molecule has 0 spiro atoms. The maximum absolute atomic E-state index is 14.1. The number of para-hydroxylation sites is 1. The summed E-state index contributed by atoms with van der Waals surface area (Å²) in [6.45, 7) is 3.81. The van der Waals surface area contributed by atoms with Crippen LogP contribution in [0.25, 0.3) is 10.9 Å². The molecule has 0 radical (unpaired) electrons. The highest BCUT2D eigenvalue weighted by Crippen LogP contribution is 2.40. The van der Waals surface area contributed by atoms with Gasteiger partial charge in [-0.15, -0.1) is 0 Å². The van der Waals surface area contributed by atoms with E-state index in [1.807, 2.05) is 18.2 Å². The number of nitrogens with one attached hydrogen (secondary N) is 1. The van der Waals surface area contributed by atoms with Crippen molar-refractivity contribution in [2.75, 3.05) is 38.2 Å². The third-order valence-corrected chi connectivity index (χ3v) is 6.79. The molecule has 2 heterocycles. The minimum Gasteiger partial charge on any atom is -0.497 e. The molecule has 5 rings (SSSR count). The van der Waals surface area contributed by atoms with Crippen LogP contribution in [0.3, 0.4) is 0 Å². The average Bonchev–Trinajstić information content (AvgIpc) is 3.41. The number of rotatable bonds is 4. The number of anilines is 1. The Hall–Kier alpha value is -2.53. The summed E-state index contributed by atoms with van der Waals surface area (Å²) < 4.78 is 19.5. The predicted molar refractivity (Wildman–Crippen MR) is 115 cm³/mol. The van der Waals surface area contributed by atoms with Gasteiger partial charge in [0.1, 0.15) is 11.6 Å². The van der Waals surface area contributed by atoms with Gasteiger partial charge < -0.3 is 14.6 Å². The van der Waals surface area contributed by atoms with Gasteiger partial charge in [0.2, 0.25) is 0 Å². The molecule has 4 nitrogen and oxygen atoms in total. The van der Waals surface area contributed by atoms with Crippen molar-refractivity contribution in [3.63, 3.8) is 0 Å². The molecular weight excluding hydrogens is 365 g/mol. The second kappa shape index (κ2) is 7.71. The fraction of sp³-hybridized carbons (Fsp3) is 0.417. The molecule has 1 aliphatic carbocycles. The Morgan fingerprint density at radius 3 is 2.66 bits per heavy atom. The van der Waals surface area contributed by atoms with E-state index in [0.29, 0.717) is 12.0 Å². The van der Waals surface area contributed by atoms with E-state index in [1.165, 1.54) is 35.7 Å². The number of hydrogen-bond acceptors (Lipinski definition) is 3. The first kappa shape index (κ1) is 18.5. The highest BCUT2D eigenvalue weighted by molar-refractivity contribution is 5.85. The molecule has 2 aromatic carbocycles. The smallest absolute Gasteiger partial charge is 0.146 e. The number of ether oxygens (including phenoxy) is 1. The van der Waals surface area contributed by atoms with Gasteiger partial charge in [0.15, 0.2) is 0 Å². The minimum absolute atomic E-state index is 0.114. The van der Waals surface area contributed by atoms with Crippen molar-refractivity contribution < 1.29 is 9.13 Å². The Bertz CT molecular complexity index is 993. The number of piperazine rings is 1. The average molecular weight is 394 g/mol. The maximum atomic E-state index is 14.1. The number of nitrogens with zero attached hydrogens (tertiary/aromatic N) is 2. The van der Waals surface area contributed by atoms with Crippen LogP contribution in [0.5, 0.6) is 5.75 Å². The number of methoxy groups -OCH3 is 1. The molecule has 2 fully saturated rings. The SMILES string of the molecule is COc1ccc2[nH]cc(C3CCC(N4CCN(c5ccccc5F)CC4)C3)c2c1. The molecular formula is C24H28FN3O. The Morgan fingerprint density at radius 1 is 1.03 bits per heavy atom. The Labute approximate surface area is 171 Å². The lowest BCUT2D eigenvalue weighted by atomic mass is 9.96. The third-order valence-electron chi connectivity index (χ3n) is 6.79. The highest BCUT2D eigenvalue weighted by Gasteiger charge is 2.33. The van der Waals surface area contributed by atoms with Crippen molar-refractivity contribution in [1.29, 1.82) is 0 Å². The summed E-state index contributed by atoms with van der Waals surface area (Å²) in [5.41, 5.74) is 3.35. The number of aromatic nitrogens is 1. The van der Waals surface area contributed by atoms with Crippen LogP contribution in [0.4, 0.5) is 10.1 Å². The lowest BCUT2D eigenvalue weighted by molar-refractivity contribution is 0.186. The monoisotopic (exact) mass is 393 g/mol. The second-order valence-corrected chi connectivity index (χ2v) is 8.29. The quantitative estimate of drug-likeness (QED) is 0.693. The van der Waals surface area contributed by atoms with E-state index < -0.39 is 0 Å². The molecule has 2 atom stereocenters. The van der Waals surface area contributed by atoms with Gasteiger partial charge >= 0.3 is 0 Å². The maximum Gasteiger partial charge on any atom is 0.146 e. The Kier molecular flexibility index (Phi) is 4.92. The molecule has 0 bridgehead atoms. The molecule has 1 aliphatic heterocycles. The van der Waals surface area contributed by atoms with Gasteiger partial charge in [0, 0.05) is 49.3 Å². The van der Waals surface area contributed by atoms with Gasteiger partial charge in [-0.05, 0) is 61.1 Å². The zero-order chi connectivity index (χ0) is 19.8. The molecule has 3 aromatic rings. The summed E-state index contributed by atoms with van der Waals surface area (Å²) in [6.07, 6.45) is 5.85. The first-order valence-corrected chi connectivity index (χ1v) is 10.6. The summed E-state index contributed by atoms with van der Waals surface area (Å²) >= 11 is 0. The fourth-order valence-electron chi connectivity index (χ4n) is 5.19. The van der Waals surface area contributed by atoms with Gasteiger partial charge in [-0.25, -0.2) is 4.39 Å². The molecule has 1 saturated heterocycles. The van der Waals surface area contributed by atoms with Crippen molar-refractivity contribution in [2.24, 2.45) is 0 Å². The number of hydrogen-bond donors (Lipinski definition) is 1. The van der Waals surface area contributed by atoms with Crippen molar-refractivity contribution >= 4 is 16.6 Å². The van der Waals surface area contributed by atoms with Crippen molar-refractivity contribution in [3.05, 3.63) is 60.0 Å². The number of aromatic amines is 1. The highest BCUT2D eigenvalue weighted by atomic mass is 19.1. The first-order valence-electron chi connectivity index (χ1n) is 10.6. The van der Waals surface area contributed by atoms with Crippen molar-refractivity contribution in [2.45, 2.75) is 31.2 Å². The van der Waals surface area contributed by atoms with Gasteiger partial charge in [0.05, 0.1) is 12.8 Å². The molecule has 1 saturated carbocycles. The van der Waals surface area contributed by atoms with Gasteiger partial charge in [-0.1, -0.05) is 12.1 Å². The summed E-state index contributed by atoms with van der Waals surface area (Å²) in [6, 6.07) is 14.0. The zero-order valence-corrected chi connectivity index (χ0v) is 16.9. The van der Waals surface area contributed by atoms with Crippen LogP contribution in [-0.2, 0) is 0 Å². The van der Waals surface area contributed by atoms with Gasteiger partial charge in [0.25, 0.3) is 0 Å². The van der Waals surface area contributed by atoms with Crippen LogP contribution in [0.2, 0.25) is 0 Å². The van der Waals surface area contributed by atoms with Gasteiger partial charge in [-0.3, -0.25) is 4.90 Å². The zero-order valence-electron chi connectivity index (χ0n) is 16.9. The summed E-state index contributed by atoms with van der Waals surface area (Å²) in [5, 5.41) is 1.29. The molecule has 5 heteroatoms. The predicted octanol–water partition coefficient (Wildman–Crippen LogP) is 4.77. The number of halogens is 1. The molecule has 2 unspecified atom stereocenters. The molecule has 1 aromatic heterocycles. The van der Waals surface area contributed by atoms with Crippen LogP contribution in [0, 0.1) is 5.82 Å². The molecule has 0 amide bonds. The van der Waals surface area contributed by atoms with Crippen LogP contribution in [-0.4, -0.2) is 49.2 Å². The number of benzene rings is 2. The Balaban J connectivity index is 1.25. The lowest BCUT2D eigenvalue weighted by Crippen LogP contribution is -2.50. The number of fused-ring (bicyclic) bond motifs is 1. The van der Waals surface area contributed by atoms with Gasteiger partial charge in [-0.2, -0.15) is 0 Å². The molecule has 152 valence electrons. The van der Waals surface area contributed by atoms with E-state index >= 15 is 0 Å². The van der Waals surface area contributed by atoms with E-state index in [-0.39, 0.29) is 5.82 Å². The topological polar surface area (TPSA) is 31.5 Å². The van der Waals surface area contributed by atoms with E-state index in [1.54, 1.807) is 19.2 Å². The normalized spacial score (nSPS) is 23.0. The van der Waals surface area contributed by atoms with E-state index in [4.69, 9.17) is 4.74 Å². The van der Waals surface area contributed by atoms with Crippen molar-refractivity contribution in [3.8, 4) is 5.75 Å². The summed E-state index contributed by atoms with van der Waals surface area (Å²) in [5.74, 6) is 1.39. The minimum atomic E-state index is -0.114. The number of H-pyrrole nitrogens is 1. The summed E-state index contributed by atoms with van der Waals surface area (Å²) in [7, 11) is 1.72. The van der Waals surface area contributed by atoms with Crippen LogP contribution in [0.1, 0.15) is 30.7 Å². The largest absolute Gasteiger partial charge is 0.497 e. The van der Waals surface area contributed by atoms with E-state index in [0.717, 1.165) is 37.6 Å². The van der Waals surface area contributed by atoms with E-state index in [2.05, 4.69) is 33.1 Å². The van der Waals surface area contributed by atoms with Crippen LogP contribution >= 0.6 is 0 Å². The third kappa shape index (κ3) is 3.48. The molecule has 1 N–H and O–H groups in total.